The van der Waals surface area contributed by atoms with Crippen molar-refractivity contribution in [3.05, 3.63) is 23.8 Å². The van der Waals surface area contributed by atoms with Crippen LogP contribution in [0.2, 0.25) is 0 Å². The summed E-state index contributed by atoms with van der Waals surface area (Å²) in [5, 5.41) is 6.21. The van der Waals surface area contributed by atoms with Gasteiger partial charge in [-0.2, -0.15) is 0 Å². The van der Waals surface area contributed by atoms with Crippen molar-refractivity contribution in [2.24, 2.45) is 16.8 Å². The highest BCUT2D eigenvalue weighted by Gasteiger charge is 2.35. The molecule has 0 bridgehead atoms. The standard InChI is InChI=1S/C22H34N4O3.HI/c1-4-24-21(27)15-29-19-10-9-16(11-20(19)28-3)12-25-22(23-2)26-13-17-7-5-6-8-18(17)14-26;/h9-11,17-18H,4-8,12-15H2,1-3H3,(H,23,25)(H,24,27);1H. The summed E-state index contributed by atoms with van der Waals surface area (Å²) in [5.74, 6) is 3.66. The third-order valence-electron chi connectivity index (χ3n) is 5.90. The van der Waals surface area contributed by atoms with Crippen molar-refractivity contribution < 1.29 is 14.3 Å². The summed E-state index contributed by atoms with van der Waals surface area (Å²) in [6.45, 7) is 5.33. The Morgan fingerprint density at radius 3 is 2.47 bits per heavy atom. The van der Waals surface area contributed by atoms with E-state index in [0.717, 1.165) is 36.4 Å². The molecule has 168 valence electrons. The molecule has 8 heteroatoms. The number of ether oxygens (including phenoxy) is 2. The maximum absolute atomic E-state index is 11.6. The number of benzene rings is 1. The molecule has 1 aromatic carbocycles. The molecule has 2 aliphatic rings. The van der Waals surface area contributed by atoms with Gasteiger partial charge in [0.1, 0.15) is 0 Å². The van der Waals surface area contributed by atoms with E-state index in [1.54, 1.807) is 7.11 Å². The number of aliphatic imine (C=N–C) groups is 1. The number of hydrogen-bond donors (Lipinski definition) is 2. The van der Waals surface area contributed by atoms with E-state index in [-0.39, 0.29) is 36.5 Å². The van der Waals surface area contributed by atoms with Crippen molar-refractivity contribution in [2.75, 3.05) is 40.4 Å². The number of amides is 1. The number of likely N-dealkylation sites (N-methyl/N-ethyl adjacent to an activating group) is 1. The van der Waals surface area contributed by atoms with E-state index in [1.807, 2.05) is 32.2 Å². The summed E-state index contributed by atoms with van der Waals surface area (Å²) in [6.07, 6.45) is 5.45. The molecular weight excluding hydrogens is 495 g/mol. The fourth-order valence-corrected chi connectivity index (χ4v) is 4.42. The number of nitrogens with one attached hydrogen (secondary N) is 2. The summed E-state index contributed by atoms with van der Waals surface area (Å²) in [5.41, 5.74) is 1.07. The van der Waals surface area contributed by atoms with E-state index in [4.69, 9.17) is 9.47 Å². The lowest BCUT2D eigenvalue weighted by atomic mass is 9.82. The molecule has 2 N–H and O–H groups in total. The molecule has 1 heterocycles. The number of guanidine groups is 1. The second kappa shape index (κ2) is 12.2. The number of halogens is 1. The summed E-state index contributed by atoms with van der Waals surface area (Å²) in [6, 6.07) is 5.78. The zero-order chi connectivity index (χ0) is 20.6. The van der Waals surface area contributed by atoms with Gasteiger partial charge in [-0.1, -0.05) is 18.9 Å². The molecule has 1 aromatic rings. The van der Waals surface area contributed by atoms with E-state index < -0.39 is 0 Å². The van der Waals surface area contributed by atoms with Crippen LogP contribution < -0.4 is 20.1 Å². The highest BCUT2D eigenvalue weighted by atomic mass is 127. The third kappa shape index (κ3) is 6.39. The molecule has 0 aromatic heterocycles. The maximum atomic E-state index is 11.6. The monoisotopic (exact) mass is 530 g/mol. The smallest absolute Gasteiger partial charge is 0.257 e. The van der Waals surface area contributed by atoms with Gasteiger partial charge in [-0.05, 0) is 49.3 Å². The number of carbonyl (C=O) groups excluding carboxylic acids is 1. The van der Waals surface area contributed by atoms with E-state index >= 15 is 0 Å². The summed E-state index contributed by atoms with van der Waals surface area (Å²) in [4.78, 5) is 18.5. The Bertz CT molecular complexity index is 714. The van der Waals surface area contributed by atoms with E-state index in [1.165, 1.54) is 25.7 Å². The molecule has 2 unspecified atom stereocenters. The Hall–Kier alpha value is -1.71. The Balaban J connectivity index is 0.00000320. The summed E-state index contributed by atoms with van der Waals surface area (Å²) >= 11 is 0. The van der Waals surface area contributed by atoms with Gasteiger partial charge >= 0.3 is 0 Å². The van der Waals surface area contributed by atoms with Crippen molar-refractivity contribution in [1.82, 2.24) is 15.5 Å². The molecule has 0 radical (unpaired) electrons. The van der Waals surface area contributed by atoms with Gasteiger partial charge in [0, 0.05) is 33.2 Å². The first-order chi connectivity index (χ1) is 14.1. The third-order valence-corrected chi connectivity index (χ3v) is 5.90. The quantitative estimate of drug-likeness (QED) is 0.322. The predicted molar refractivity (Wildman–Crippen MR) is 130 cm³/mol. The second-order valence-electron chi connectivity index (χ2n) is 7.84. The zero-order valence-electron chi connectivity index (χ0n) is 18.3. The van der Waals surface area contributed by atoms with Crippen LogP contribution in [0.4, 0.5) is 0 Å². The first kappa shape index (κ1) is 24.6. The van der Waals surface area contributed by atoms with E-state index in [0.29, 0.717) is 24.6 Å². The lowest BCUT2D eigenvalue weighted by Crippen LogP contribution is -2.39. The van der Waals surface area contributed by atoms with Gasteiger partial charge in [0.25, 0.3) is 5.91 Å². The van der Waals surface area contributed by atoms with Crippen LogP contribution in [0.15, 0.2) is 23.2 Å². The largest absolute Gasteiger partial charge is 0.493 e. The van der Waals surface area contributed by atoms with Gasteiger partial charge in [0.15, 0.2) is 24.1 Å². The van der Waals surface area contributed by atoms with Crippen LogP contribution >= 0.6 is 24.0 Å². The van der Waals surface area contributed by atoms with Crippen molar-refractivity contribution >= 4 is 35.8 Å². The Morgan fingerprint density at radius 1 is 1.17 bits per heavy atom. The fraction of sp³-hybridized carbons (Fsp3) is 0.636. The topological polar surface area (TPSA) is 75.2 Å². The highest BCUT2D eigenvalue weighted by Crippen LogP contribution is 2.36. The van der Waals surface area contributed by atoms with Crippen LogP contribution in [0, 0.1) is 11.8 Å². The van der Waals surface area contributed by atoms with E-state index in [9.17, 15) is 4.79 Å². The average Bonchev–Trinajstić information content (AvgIpc) is 3.17. The molecule has 0 spiro atoms. The lowest BCUT2D eigenvalue weighted by Gasteiger charge is -2.22. The molecule has 30 heavy (non-hydrogen) atoms. The molecule has 7 nitrogen and oxygen atoms in total. The van der Waals surface area contributed by atoms with Gasteiger partial charge < -0.3 is 25.0 Å². The van der Waals surface area contributed by atoms with Crippen molar-refractivity contribution in [1.29, 1.82) is 0 Å². The van der Waals surface area contributed by atoms with Crippen LogP contribution in [0.5, 0.6) is 11.5 Å². The molecule has 1 aliphatic heterocycles. The number of fused-ring (bicyclic) bond motifs is 1. The highest BCUT2D eigenvalue weighted by molar-refractivity contribution is 14.0. The number of nitrogens with zero attached hydrogens (tertiary/aromatic N) is 2. The summed E-state index contributed by atoms with van der Waals surface area (Å²) in [7, 11) is 3.46. The van der Waals surface area contributed by atoms with Crippen LogP contribution in [-0.4, -0.2) is 57.2 Å². The minimum absolute atomic E-state index is 0. The van der Waals surface area contributed by atoms with Crippen molar-refractivity contribution in [3.8, 4) is 11.5 Å². The fourth-order valence-electron chi connectivity index (χ4n) is 4.42. The Labute approximate surface area is 197 Å². The van der Waals surface area contributed by atoms with Crippen LogP contribution in [0.3, 0.4) is 0 Å². The number of rotatable bonds is 7. The summed E-state index contributed by atoms with van der Waals surface area (Å²) < 4.78 is 11.0. The molecular formula is C22H35IN4O3. The van der Waals surface area contributed by atoms with Crippen molar-refractivity contribution in [3.63, 3.8) is 0 Å². The SMILES string of the molecule is CCNC(=O)COc1ccc(CNC(=NC)N2CC3CCCCC3C2)cc1OC.I. The number of methoxy groups -OCH3 is 1. The van der Waals surface area contributed by atoms with Gasteiger partial charge in [-0.15, -0.1) is 24.0 Å². The number of likely N-dealkylation sites (tertiary alicyclic amines) is 1. The van der Waals surface area contributed by atoms with E-state index in [2.05, 4.69) is 20.5 Å². The van der Waals surface area contributed by atoms with Crippen LogP contribution in [0.25, 0.3) is 0 Å². The van der Waals surface area contributed by atoms with Crippen LogP contribution in [0.1, 0.15) is 38.2 Å². The first-order valence-corrected chi connectivity index (χ1v) is 10.7. The average molecular weight is 530 g/mol. The lowest BCUT2D eigenvalue weighted by molar-refractivity contribution is -0.123. The Kier molecular flexibility index (Phi) is 10.0. The molecule has 1 saturated carbocycles. The zero-order valence-corrected chi connectivity index (χ0v) is 20.6. The van der Waals surface area contributed by atoms with Crippen molar-refractivity contribution in [2.45, 2.75) is 39.2 Å². The van der Waals surface area contributed by atoms with Crippen LogP contribution in [-0.2, 0) is 11.3 Å². The molecule has 2 atom stereocenters. The maximum Gasteiger partial charge on any atom is 0.257 e. The molecule has 1 amide bonds. The minimum atomic E-state index is -0.143. The van der Waals surface area contributed by atoms with Gasteiger partial charge in [0.05, 0.1) is 7.11 Å². The van der Waals surface area contributed by atoms with Gasteiger partial charge in [-0.25, -0.2) is 0 Å². The molecule has 1 saturated heterocycles. The minimum Gasteiger partial charge on any atom is -0.493 e. The number of carbonyl (C=O) groups is 1. The normalized spacial score (nSPS) is 20.8. The van der Waals surface area contributed by atoms with Gasteiger partial charge in [0.2, 0.25) is 0 Å². The molecule has 3 rings (SSSR count). The Morgan fingerprint density at radius 2 is 1.87 bits per heavy atom. The molecule has 2 fully saturated rings. The number of hydrogen-bond acceptors (Lipinski definition) is 4. The molecule has 1 aliphatic carbocycles. The predicted octanol–water partition coefficient (Wildman–Crippen LogP) is 3.03. The first-order valence-electron chi connectivity index (χ1n) is 10.7. The van der Waals surface area contributed by atoms with Gasteiger partial charge in [-0.3, -0.25) is 9.79 Å². The second-order valence-corrected chi connectivity index (χ2v) is 7.84.